The predicted octanol–water partition coefficient (Wildman–Crippen LogP) is 4.40. The fourth-order valence-electron chi connectivity index (χ4n) is 5.38. The number of likely N-dealkylation sites (N-methyl/N-ethyl adjacent to an activating group) is 1. The number of hydrogen-bond donors (Lipinski definition) is 0. The van der Waals surface area contributed by atoms with Gasteiger partial charge in [-0.2, -0.15) is 0 Å². The summed E-state index contributed by atoms with van der Waals surface area (Å²) in [6.07, 6.45) is 6.56. The van der Waals surface area contributed by atoms with Crippen molar-refractivity contribution >= 4 is 11.6 Å². The van der Waals surface area contributed by atoms with Crippen LogP contribution in [0.5, 0.6) is 0 Å². The second-order valence-electron chi connectivity index (χ2n) is 9.08. The van der Waals surface area contributed by atoms with Crippen LogP contribution in [0.2, 0.25) is 0 Å². The number of carbonyl (C=O) groups is 1. The van der Waals surface area contributed by atoms with E-state index < -0.39 is 5.60 Å². The Morgan fingerprint density at radius 1 is 1.00 bits per heavy atom. The Bertz CT molecular complexity index is 863. The maximum absolute atomic E-state index is 13.7. The lowest BCUT2D eigenvalue weighted by Crippen LogP contribution is -2.62. The molecule has 1 heterocycles. The number of rotatable bonds is 4. The second kappa shape index (κ2) is 7.26. The fraction of sp³-hybridized carbons (Fsp3) is 0.480. The quantitative estimate of drug-likeness (QED) is 0.776. The molecule has 29 heavy (non-hydrogen) atoms. The maximum Gasteiger partial charge on any atom is 0.261 e. The first-order valence-electron chi connectivity index (χ1n) is 10.9. The number of benzene rings is 2. The van der Waals surface area contributed by atoms with Crippen LogP contribution in [0.4, 0.5) is 5.69 Å². The zero-order valence-electron chi connectivity index (χ0n) is 17.2. The summed E-state index contributed by atoms with van der Waals surface area (Å²) in [5.74, 6) is 0.143. The van der Waals surface area contributed by atoms with E-state index in [9.17, 15) is 4.79 Å². The highest BCUT2D eigenvalue weighted by Crippen LogP contribution is 2.53. The molecule has 0 aromatic heterocycles. The highest BCUT2D eigenvalue weighted by atomic mass is 16.5. The van der Waals surface area contributed by atoms with Crippen LogP contribution >= 0.6 is 0 Å². The molecule has 5 rings (SSSR count). The lowest BCUT2D eigenvalue weighted by molar-refractivity contribution is -0.172. The van der Waals surface area contributed by atoms with Gasteiger partial charge in [0, 0.05) is 18.7 Å². The highest BCUT2D eigenvalue weighted by molar-refractivity contribution is 6.03. The number of ether oxygens (including phenoxy) is 1. The summed E-state index contributed by atoms with van der Waals surface area (Å²) in [6.45, 7) is 1.52. The molecule has 2 spiro atoms. The average molecular weight is 391 g/mol. The van der Waals surface area contributed by atoms with Gasteiger partial charge in [-0.1, -0.05) is 67.8 Å². The maximum atomic E-state index is 13.7. The molecule has 4 heteroatoms. The van der Waals surface area contributed by atoms with Crippen molar-refractivity contribution in [1.29, 1.82) is 0 Å². The third-order valence-electron chi connectivity index (χ3n) is 6.97. The molecule has 0 bridgehead atoms. The molecular formula is C25H30N2O2. The number of morpholine rings is 1. The zero-order valence-corrected chi connectivity index (χ0v) is 17.2. The Morgan fingerprint density at radius 3 is 2.34 bits per heavy atom. The van der Waals surface area contributed by atoms with E-state index in [-0.39, 0.29) is 17.6 Å². The van der Waals surface area contributed by atoms with E-state index in [0.29, 0.717) is 6.54 Å². The molecule has 0 N–H and O–H groups in total. The van der Waals surface area contributed by atoms with Crippen LogP contribution in [0.1, 0.15) is 44.1 Å². The zero-order chi connectivity index (χ0) is 19.9. The van der Waals surface area contributed by atoms with Crippen molar-refractivity contribution in [1.82, 2.24) is 4.90 Å². The predicted molar refractivity (Wildman–Crippen MR) is 115 cm³/mol. The summed E-state index contributed by atoms with van der Waals surface area (Å²) in [5, 5.41) is 0. The summed E-state index contributed by atoms with van der Waals surface area (Å²) in [4.78, 5) is 18.0. The Morgan fingerprint density at radius 2 is 1.66 bits per heavy atom. The molecule has 3 fully saturated rings. The summed E-state index contributed by atoms with van der Waals surface area (Å²) in [5.41, 5.74) is 1.40. The van der Waals surface area contributed by atoms with Gasteiger partial charge in [0.1, 0.15) is 0 Å². The Balaban J connectivity index is 1.43. The van der Waals surface area contributed by atoms with Crippen LogP contribution in [-0.2, 0) is 16.1 Å². The smallest absolute Gasteiger partial charge is 0.261 e. The van der Waals surface area contributed by atoms with E-state index in [1.54, 1.807) is 0 Å². The molecule has 1 saturated heterocycles. The van der Waals surface area contributed by atoms with Crippen LogP contribution in [0.25, 0.3) is 0 Å². The van der Waals surface area contributed by atoms with E-state index in [1.165, 1.54) is 24.8 Å². The van der Waals surface area contributed by atoms with E-state index in [0.717, 1.165) is 31.5 Å². The molecule has 0 radical (unpaired) electrons. The molecule has 3 aliphatic rings. The van der Waals surface area contributed by atoms with Gasteiger partial charge in [0.2, 0.25) is 0 Å². The van der Waals surface area contributed by atoms with Crippen LogP contribution in [-0.4, -0.2) is 41.6 Å². The molecular weight excluding hydrogens is 360 g/mol. The molecule has 2 unspecified atom stereocenters. The van der Waals surface area contributed by atoms with Crippen molar-refractivity contribution in [3.63, 3.8) is 0 Å². The Kier molecular flexibility index (Phi) is 4.72. The molecule has 2 aromatic carbocycles. The molecule has 2 aromatic rings. The van der Waals surface area contributed by atoms with Gasteiger partial charge < -0.3 is 9.64 Å². The van der Waals surface area contributed by atoms with Gasteiger partial charge in [-0.3, -0.25) is 9.69 Å². The Hall–Kier alpha value is -2.17. The topological polar surface area (TPSA) is 32.8 Å². The minimum absolute atomic E-state index is 0.139. The lowest BCUT2D eigenvalue weighted by Gasteiger charge is -2.49. The van der Waals surface area contributed by atoms with Gasteiger partial charge in [0.15, 0.2) is 5.60 Å². The van der Waals surface area contributed by atoms with Crippen molar-refractivity contribution in [2.24, 2.45) is 0 Å². The van der Waals surface area contributed by atoms with Crippen LogP contribution in [0.15, 0.2) is 60.7 Å². The first-order valence-corrected chi connectivity index (χ1v) is 10.9. The van der Waals surface area contributed by atoms with Gasteiger partial charge in [-0.05, 0) is 37.6 Å². The van der Waals surface area contributed by atoms with Crippen molar-refractivity contribution < 1.29 is 9.53 Å². The van der Waals surface area contributed by atoms with Crippen molar-refractivity contribution in [3.8, 4) is 0 Å². The van der Waals surface area contributed by atoms with Crippen LogP contribution in [0.3, 0.4) is 0 Å². The van der Waals surface area contributed by atoms with Gasteiger partial charge in [0.25, 0.3) is 5.91 Å². The molecule has 2 atom stereocenters. The van der Waals surface area contributed by atoms with E-state index in [4.69, 9.17) is 4.74 Å². The summed E-state index contributed by atoms with van der Waals surface area (Å²) < 4.78 is 6.82. The lowest BCUT2D eigenvalue weighted by atomic mass is 9.82. The number of nitrogens with zero attached hydrogens (tertiary/aromatic N) is 2. The number of para-hydroxylation sites is 1. The van der Waals surface area contributed by atoms with Crippen LogP contribution in [0, 0.1) is 0 Å². The minimum atomic E-state index is -0.686. The number of carbonyl (C=O) groups excluding carboxylic acids is 1. The van der Waals surface area contributed by atoms with E-state index >= 15 is 0 Å². The minimum Gasteiger partial charge on any atom is -0.355 e. The largest absolute Gasteiger partial charge is 0.355 e. The molecule has 1 aliphatic heterocycles. The average Bonchev–Trinajstić information content (AvgIpc) is 3.47. The third kappa shape index (κ3) is 3.38. The fourth-order valence-corrected chi connectivity index (χ4v) is 5.38. The van der Waals surface area contributed by atoms with E-state index in [1.807, 2.05) is 29.2 Å². The molecule has 2 saturated carbocycles. The first kappa shape index (κ1) is 18.8. The number of amides is 1. The van der Waals surface area contributed by atoms with Gasteiger partial charge in [-0.15, -0.1) is 0 Å². The molecule has 4 nitrogen and oxygen atoms in total. The monoisotopic (exact) mass is 390 g/mol. The highest BCUT2D eigenvalue weighted by Gasteiger charge is 2.69. The van der Waals surface area contributed by atoms with Crippen molar-refractivity contribution in [2.75, 3.05) is 18.5 Å². The standard InChI is InChI=1S/C25H30N2O2/c1-26(18-20-11-5-2-6-12-20)22-17-25(22)23(28)27(21-13-7-3-8-14-21)19-24(29-25)15-9-4-10-16-24/h2-3,5-8,11-14,22H,4,9-10,15-19H2,1H3. The van der Waals surface area contributed by atoms with Gasteiger partial charge in [0.05, 0.1) is 18.2 Å². The SMILES string of the molecule is CN(Cc1ccccc1)C1CC12OC1(CCCCC1)CN(c1ccccc1)C2=O. The third-order valence-corrected chi connectivity index (χ3v) is 6.97. The van der Waals surface area contributed by atoms with Crippen molar-refractivity contribution in [2.45, 2.75) is 62.3 Å². The second-order valence-corrected chi connectivity index (χ2v) is 9.08. The van der Waals surface area contributed by atoms with Crippen molar-refractivity contribution in [3.05, 3.63) is 66.2 Å². The summed E-state index contributed by atoms with van der Waals surface area (Å²) in [7, 11) is 2.12. The Labute approximate surface area is 173 Å². The van der Waals surface area contributed by atoms with Gasteiger partial charge >= 0.3 is 0 Å². The number of hydrogen-bond acceptors (Lipinski definition) is 3. The van der Waals surface area contributed by atoms with E-state index in [2.05, 4.69) is 48.3 Å². The summed E-state index contributed by atoms with van der Waals surface area (Å²) >= 11 is 0. The molecule has 152 valence electrons. The van der Waals surface area contributed by atoms with Gasteiger partial charge in [-0.25, -0.2) is 0 Å². The summed E-state index contributed by atoms with van der Waals surface area (Å²) in [6, 6.07) is 20.8. The molecule has 2 aliphatic carbocycles. The molecule has 1 amide bonds. The normalized spacial score (nSPS) is 28.3. The first-order chi connectivity index (χ1) is 14.1. The number of anilines is 1. The van der Waals surface area contributed by atoms with Crippen LogP contribution < -0.4 is 4.90 Å².